The molecule has 1 saturated heterocycles. The second kappa shape index (κ2) is 9.36. The Morgan fingerprint density at radius 1 is 1.17 bits per heavy atom. The number of rotatable bonds is 6. The first kappa shape index (κ1) is 23.9. The van der Waals surface area contributed by atoms with E-state index in [0.29, 0.717) is 23.1 Å². The standard InChI is InChI=1S/C24H22FN5O4S2.2H2/c1-16(29-11-9-19-20(25)3-2-4-21(19)29)23(32)28-12-13-30(22(31)15-28)17-5-7-18(8-6-17)36(33,34)27-24-26-10-14-35-24;;/h2-11,14,16H,12-13,15H2,1H3,(H,26,27);2*1H/t16-;;/m0../s1. The van der Waals surface area contributed by atoms with Crippen LogP contribution in [0.1, 0.15) is 15.8 Å². The van der Waals surface area contributed by atoms with E-state index >= 15 is 0 Å². The number of piperazine rings is 1. The molecule has 2 aromatic carbocycles. The molecule has 1 atom stereocenters. The Hall–Kier alpha value is -3.77. The predicted octanol–water partition coefficient (Wildman–Crippen LogP) is 3.97. The highest BCUT2D eigenvalue weighted by molar-refractivity contribution is 7.93. The van der Waals surface area contributed by atoms with Gasteiger partial charge >= 0.3 is 0 Å². The summed E-state index contributed by atoms with van der Waals surface area (Å²) in [6.45, 7) is 2.20. The van der Waals surface area contributed by atoms with Crippen LogP contribution >= 0.6 is 11.3 Å². The third-order valence-corrected chi connectivity index (χ3v) is 8.30. The van der Waals surface area contributed by atoms with Crippen molar-refractivity contribution < 1.29 is 25.3 Å². The molecule has 2 aromatic heterocycles. The summed E-state index contributed by atoms with van der Waals surface area (Å²) in [4.78, 5) is 33.1. The lowest BCUT2D eigenvalue weighted by molar-refractivity contribution is -0.139. The molecule has 0 radical (unpaired) electrons. The molecule has 0 saturated carbocycles. The largest absolute Gasteiger partial charge is 0.335 e. The zero-order valence-corrected chi connectivity index (χ0v) is 20.8. The Balaban J connectivity index is 0.00000200. The van der Waals surface area contributed by atoms with Gasteiger partial charge in [0.2, 0.25) is 11.8 Å². The van der Waals surface area contributed by atoms with Gasteiger partial charge in [0.05, 0.1) is 10.4 Å². The number of benzene rings is 2. The van der Waals surface area contributed by atoms with E-state index in [1.807, 2.05) is 0 Å². The number of carbonyl (C=O) groups is 2. The predicted molar refractivity (Wildman–Crippen MR) is 139 cm³/mol. The number of carbonyl (C=O) groups excluding carboxylic acids is 2. The van der Waals surface area contributed by atoms with Crippen LogP contribution in [-0.2, 0) is 19.6 Å². The molecule has 36 heavy (non-hydrogen) atoms. The number of aromatic nitrogens is 2. The Morgan fingerprint density at radius 3 is 2.64 bits per heavy atom. The van der Waals surface area contributed by atoms with E-state index in [1.54, 1.807) is 53.4 Å². The lowest BCUT2D eigenvalue weighted by Gasteiger charge is -2.35. The van der Waals surface area contributed by atoms with E-state index in [9.17, 15) is 22.4 Å². The van der Waals surface area contributed by atoms with Gasteiger partial charge in [-0.15, -0.1) is 11.3 Å². The van der Waals surface area contributed by atoms with Crippen molar-refractivity contribution in [3.8, 4) is 0 Å². The van der Waals surface area contributed by atoms with Gasteiger partial charge in [-0.1, -0.05) is 6.07 Å². The van der Waals surface area contributed by atoms with Crippen molar-refractivity contribution in [1.82, 2.24) is 14.5 Å². The summed E-state index contributed by atoms with van der Waals surface area (Å²) in [6, 6.07) is 11.7. The molecule has 0 aliphatic carbocycles. The van der Waals surface area contributed by atoms with Crippen LogP contribution in [0.2, 0.25) is 0 Å². The van der Waals surface area contributed by atoms with Crippen molar-refractivity contribution in [3.63, 3.8) is 0 Å². The molecule has 12 heteroatoms. The molecule has 4 aromatic rings. The van der Waals surface area contributed by atoms with Gasteiger partial charge in [-0.25, -0.2) is 17.8 Å². The summed E-state index contributed by atoms with van der Waals surface area (Å²) in [6.07, 6.45) is 3.18. The van der Waals surface area contributed by atoms with Gasteiger partial charge < -0.3 is 14.4 Å². The average molecular weight is 532 g/mol. The maximum absolute atomic E-state index is 14.1. The van der Waals surface area contributed by atoms with E-state index < -0.39 is 16.1 Å². The highest BCUT2D eigenvalue weighted by Gasteiger charge is 2.31. The minimum absolute atomic E-state index is 0. The topological polar surface area (TPSA) is 105 Å². The molecule has 190 valence electrons. The summed E-state index contributed by atoms with van der Waals surface area (Å²) in [5.41, 5.74) is 1.15. The zero-order valence-electron chi connectivity index (χ0n) is 19.2. The highest BCUT2D eigenvalue weighted by Crippen LogP contribution is 2.26. The summed E-state index contributed by atoms with van der Waals surface area (Å²) < 4.78 is 43.2. The van der Waals surface area contributed by atoms with Gasteiger partial charge in [-0.3, -0.25) is 14.3 Å². The first-order chi connectivity index (χ1) is 17.2. The lowest BCUT2D eigenvalue weighted by Crippen LogP contribution is -2.53. The SMILES string of the molecule is C[C@@H](C(=O)N1CCN(c2ccc(S(=O)(=O)Nc3nccs3)cc2)C(=O)C1)n1ccc2c(F)cccc21.[HH].[HH]. The molecule has 3 heterocycles. The Labute approximate surface area is 213 Å². The number of amides is 2. The Bertz CT molecular complexity index is 1550. The quantitative estimate of drug-likeness (QED) is 0.406. The van der Waals surface area contributed by atoms with Gasteiger partial charge in [0.25, 0.3) is 10.0 Å². The number of hydrogen-bond acceptors (Lipinski definition) is 6. The van der Waals surface area contributed by atoms with Crippen molar-refractivity contribution in [1.29, 1.82) is 0 Å². The van der Waals surface area contributed by atoms with Crippen LogP contribution in [0.4, 0.5) is 15.2 Å². The van der Waals surface area contributed by atoms with Crippen molar-refractivity contribution >= 4 is 54.9 Å². The summed E-state index contributed by atoms with van der Waals surface area (Å²) in [5.74, 6) is -0.867. The number of nitrogens with zero attached hydrogens (tertiary/aromatic N) is 4. The molecular weight excluding hydrogens is 505 g/mol. The van der Waals surface area contributed by atoms with Crippen LogP contribution in [0.3, 0.4) is 0 Å². The molecule has 1 fully saturated rings. The number of fused-ring (bicyclic) bond motifs is 1. The van der Waals surface area contributed by atoms with Crippen LogP contribution < -0.4 is 9.62 Å². The smallest absolute Gasteiger partial charge is 0.263 e. The fourth-order valence-corrected chi connectivity index (χ4v) is 6.05. The minimum atomic E-state index is -3.80. The number of anilines is 2. The molecule has 0 spiro atoms. The molecule has 9 nitrogen and oxygen atoms in total. The van der Waals surface area contributed by atoms with Crippen molar-refractivity contribution in [3.05, 3.63) is 72.1 Å². The molecule has 5 rings (SSSR count). The fraction of sp³-hybridized carbons (Fsp3) is 0.208. The number of halogens is 1. The molecule has 0 unspecified atom stereocenters. The van der Waals surface area contributed by atoms with E-state index in [-0.39, 0.29) is 43.6 Å². The van der Waals surface area contributed by atoms with Gasteiger partial charge in [-0.05, 0) is 49.4 Å². The number of thiazole rings is 1. The molecular formula is C24H26FN5O4S2. The van der Waals surface area contributed by atoms with E-state index in [4.69, 9.17) is 0 Å². The van der Waals surface area contributed by atoms with E-state index in [2.05, 4.69) is 9.71 Å². The molecule has 2 amide bonds. The number of sulfonamides is 1. The van der Waals surface area contributed by atoms with Crippen molar-refractivity contribution in [2.24, 2.45) is 0 Å². The van der Waals surface area contributed by atoms with Crippen LogP contribution in [-0.4, -0.2) is 54.3 Å². The third-order valence-electron chi connectivity index (χ3n) is 6.13. The normalized spacial score (nSPS) is 15.3. The van der Waals surface area contributed by atoms with E-state index in [0.717, 1.165) is 0 Å². The fourth-order valence-electron chi connectivity index (χ4n) is 4.26. The third kappa shape index (κ3) is 4.44. The number of hydrogen-bond donors (Lipinski definition) is 1. The van der Waals surface area contributed by atoms with Gasteiger partial charge in [0.15, 0.2) is 5.13 Å². The summed E-state index contributed by atoms with van der Waals surface area (Å²) in [5, 5.41) is 2.37. The zero-order chi connectivity index (χ0) is 25.4. The maximum atomic E-state index is 14.1. The summed E-state index contributed by atoms with van der Waals surface area (Å²) in [7, 11) is -3.80. The van der Waals surface area contributed by atoms with E-state index in [1.165, 1.54) is 45.5 Å². The maximum Gasteiger partial charge on any atom is 0.263 e. The first-order valence-electron chi connectivity index (χ1n) is 11.1. The summed E-state index contributed by atoms with van der Waals surface area (Å²) >= 11 is 1.17. The number of nitrogens with one attached hydrogen (secondary N) is 1. The van der Waals surface area contributed by atoms with Gasteiger partial charge in [0, 0.05) is 44.8 Å². The first-order valence-corrected chi connectivity index (χ1v) is 13.5. The van der Waals surface area contributed by atoms with Crippen LogP contribution in [0, 0.1) is 5.82 Å². The van der Waals surface area contributed by atoms with Gasteiger partial charge in [-0.2, -0.15) is 0 Å². The van der Waals surface area contributed by atoms with Crippen LogP contribution in [0.15, 0.2) is 71.2 Å². The van der Waals surface area contributed by atoms with Crippen LogP contribution in [0.25, 0.3) is 10.9 Å². The Kier molecular flexibility index (Phi) is 6.22. The lowest BCUT2D eigenvalue weighted by atomic mass is 10.2. The van der Waals surface area contributed by atoms with Crippen molar-refractivity contribution in [2.45, 2.75) is 17.9 Å². The second-order valence-electron chi connectivity index (χ2n) is 8.31. The average Bonchev–Trinajstić information content (AvgIpc) is 3.53. The van der Waals surface area contributed by atoms with Gasteiger partial charge in [0.1, 0.15) is 18.4 Å². The molecule has 1 N–H and O–H groups in total. The second-order valence-corrected chi connectivity index (χ2v) is 10.9. The highest BCUT2D eigenvalue weighted by atomic mass is 32.2. The molecule has 1 aliphatic heterocycles. The molecule has 1 aliphatic rings. The molecule has 0 bridgehead atoms. The van der Waals surface area contributed by atoms with Crippen LogP contribution in [0.5, 0.6) is 0 Å². The monoisotopic (exact) mass is 531 g/mol. The minimum Gasteiger partial charge on any atom is -0.335 e. The van der Waals surface area contributed by atoms with Crippen molar-refractivity contribution in [2.75, 3.05) is 29.3 Å². The Morgan fingerprint density at radius 2 is 1.94 bits per heavy atom.